The molecule has 5 nitrogen and oxygen atoms in total. The van der Waals surface area contributed by atoms with E-state index in [1.807, 2.05) is 30.3 Å². The van der Waals surface area contributed by atoms with Crippen LogP contribution in [0.5, 0.6) is 0 Å². The normalized spacial score (nSPS) is 11.5. The van der Waals surface area contributed by atoms with E-state index in [2.05, 4.69) is 26.6 Å². The molecule has 0 spiro atoms. The number of halogens is 2. The summed E-state index contributed by atoms with van der Waals surface area (Å²) in [6, 6.07) is 19.5. The maximum Gasteiger partial charge on any atom is 0.312 e. The molecular weight excluding hydrogens is 437 g/mol. The number of benzene rings is 3. The third kappa shape index (κ3) is 5.42. The van der Waals surface area contributed by atoms with Gasteiger partial charge in [0.2, 0.25) is 0 Å². The average molecular weight is 456 g/mol. The quantitative estimate of drug-likeness (QED) is 0.518. The van der Waals surface area contributed by atoms with Gasteiger partial charge in [0.15, 0.2) is 0 Å². The van der Waals surface area contributed by atoms with Crippen molar-refractivity contribution >= 4 is 27.9 Å². The number of rotatable bonds is 6. The Hall–Kier alpha value is -3.19. The van der Waals surface area contributed by atoms with Crippen molar-refractivity contribution in [3.05, 3.63) is 105 Å². The van der Waals surface area contributed by atoms with Gasteiger partial charge in [-0.15, -0.1) is 0 Å². The summed E-state index contributed by atoms with van der Waals surface area (Å²) < 4.78 is 15.2. The molecule has 0 aromatic heterocycles. The lowest BCUT2D eigenvalue weighted by atomic mass is 9.97. The summed E-state index contributed by atoms with van der Waals surface area (Å²) in [5, 5.41) is 5.40. The van der Waals surface area contributed by atoms with Gasteiger partial charge in [0, 0.05) is 22.1 Å². The van der Waals surface area contributed by atoms with E-state index >= 15 is 0 Å². The van der Waals surface area contributed by atoms with Crippen molar-refractivity contribution in [2.24, 2.45) is 5.73 Å². The molecule has 0 radical (unpaired) electrons. The van der Waals surface area contributed by atoms with Crippen molar-refractivity contribution in [3.8, 4) is 0 Å². The number of nitrogens with one attached hydrogen (secondary N) is 2. The Kier molecular flexibility index (Phi) is 6.61. The highest BCUT2D eigenvalue weighted by molar-refractivity contribution is 9.10. The van der Waals surface area contributed by atoms with Gasteiger partial charge in [0.1, 0.15) is 5.82 Å². The molecule has 3 amide bonds. The van der Waals surface area contributed by atoms with Crippen LogP contribution < -0.4 is 16.4 Å². The van der Waals surface area contributed by atoms with E-state index < -0.39 is 17.9 Å². The van der Waals surface area contributed by atoms with Gasteiger partial charge in [-0.25, -0.2) is 9.18 Å². The number of amides is 3. The third-order valence-electron chi connectivity index (χ3n) is 4.36. The largest absolute Gasteiger partial charge is 0.352 e. The summed E-state index contributed by atoms with van der Waals surface area (Å²) >= 11 is 3.26. The van der Waals surface area contributed by atoms with Crippen LogP contribution in [0.3, 0.4) is 0 Å². The van der Waals surface area contributed by atoms with Gasteiger partial charge in [-0.2, -0.15) is 0 Å². The standard InChI is InChI=1S/C22H19BrFN3O2/c23-17-10-11-18(19(24)12-17)20(15-4-2-1-3-5-15)27-21(28)16-8-6-14(7-9-16)13-26-22(25)29/h1-12,20H,13H2,(H,27,28)(H3,25,26,29). The molecule has 1 unspecified atom stereocenters. The Morgan fingerprint density at radius 1 is 1.00 bits per heavy atom. The second-order valence-corrected chi connectivity index (χ2v) is 7.31. The number of nitrogens with two attached hydrogens (primary N) is 1. The fraction of sp³-hybridized carbons (Fsp3) is 0.0909. The Labute approximate surface area is 176 Å². The van der Waals surface area contributed by atoms with Gasteiger partial charge in [-0.3, -0.25) is 4.79 Å². The lowest BCUT2D eigenvalue weighted by Crippen LogP contribution is -2.30. The molecule has 0 bridgehead atoms. The van der Waals surface area contributed by atoms with Gasteiger partial charge in [-0.1, -0.05) is 64.5 Å². The molecule has 29 heavy (non-hydrogen) atoms. The van der Waals surface area contributed by atoms with Crippen LogP contribution in [0.4, 0.5) is 9.18 Å². The number of hydrogen-bond acceptors (Lipinski definition) is 2. The van der Waals surface area contributed by atoms with Crippen LogP contribution in [0.2, 0.25) is 0 Å². The Bertz CT molecular complexity index is 1010. The van der Waals surface area contributed by atoms with Crippen molar-refractivity contribution in [1.82, 2.24) is 10.6 Å². The number of urea groups is 1. The summed E-state index contributed by atoms with van der Waals surface area (Å²) in [7, 11) is 0. The van der Waals surface area contributed by atoms with E-state index in [0.717, 1.165) is 11.1 Å². The molecule has 0 aliphatic carbocycles. The molecule has 0 aliphatic rings. The number of primary amides is 1. The van der Waals surface area contributed by atoms with Crippen LogP contribution in [0.25, 0.3) is 0 Å². The molecule has 0 heterocycles. The fourth-order valence-corrected chi connectivity index (χ4v) is 3.23. The smallest absolute Gasteiger partial charge is 0.312 e. The van der Waals surface area contributed by atoms with Crippen molar-refractivity contribution in [2.75, 3.05) is 0 Å². The molecule has 0 saturated heterocycles. The van der Waals surface area contributed by atoms with Crippen molar-refractivity contribution in [1.29, 1.82) is 0 Å². The first-order valence-corrected chi connectivity index (χ1v) is 9.66. The molecule has 3 aromatic carbocycles. The molecular formula is C22H19BrFN3O2. The lowest BCUT2D eigenvalue weighted by molar-refractivity contribution is 0.0942. The second-order valence-electron chi connectivity index (χ2n) is 6.40. The monoisotopic (exact) mass is 455 g/mol. The van der Waals surface area contributed by atoms with Gasteiger partial charge < -0.3 is 16.4 Å². The highest BCUT2D eigenvalue weighted by Gasteiger charge is 2.21. The van der Waals surface area contributed by atoms with Gasteiger partial charge in [0.25, 0.3) is 5.91 Å². The highest BCUT2D eigenvalue weighted by Crippen LogP contribution is 2.27. The van der Waals surface area contributed by atoms with E-state index in [9.17, 15) is 14.0 Å². The first-order chi connectivity index (χ1) is 13.9. The van der Waals surface area contributed by atoms with E-state index in [0.29, 0.717) is 15.6 Å². The Balaban J connectivity index is 1.84. The van der Waals surface area contributed by atoms with Gasteiger partial charge >= 0.3 is 6.03 Å². The fourth-order valence-electron chi connectivity index (χ4n) is 2.90. The van der Waals surface area contributed by atoms with Crippen LogP contribution >= 0.6 is 15.9 Å². The van der Waals surface area contributed by atoms with Gasteiger partial charge in [-0.05, 0) is 35.4 Å². The molecule has 7 heteroatoms. The first-order valence-electron chi connectivity index (χ1n) is 8.87. The molecule has 0 fully saturated rings. The van der Waals surface area contributed by atoms with E-state index in [1.54, 1.807) is 36.4 Å². The predicted molar refractivity (Wildman–Crippen MR) is 113 cm³/mol. The third-order valence-corrected chi connectivity index (χ3v) is 4.86. The number of hydrogen-bond donors (Lipinski definition) is 3. The Morgan fingerprint density at radius 2 is 1.69 bits per heavy atom. The minimum Gasteiger partial charge on any atom is -0.352 e. The van der Waals surface area contributed by atoms with Crippen LogP contribution in [0, 0.1) is 5.82 Å². The highest BCUT2D eigenvalue weighted by atomic mass is 79.9. The summed E-state index contributed by atoms with van der Waals surface area (Å²) in [6.45, 7) is 0.272. The van der Waals surface area contributed by atoms with Crippen LogP contribution in [-0.4, -0.2) is 11.9 Å². The minimum absolute atomic E-state index is 0.272. The van der Waals surface area contributed by atoms with Crippen LogP contribution in [-0.2, 0) is 6.54 Å². The van der Waals surface area contributed by atoms with E-state index in [1.165, 1.54) is 6.07 Å². The summed E-state index contributed by atoms with van der Waals surface area (Å²) in [5.41, 5.74) is 7.42. The van der Waals surface area contributed by atoms with Crippen molar-refractivity contribution in [3.63, 3.8) is 0 Å². The zero-order chi connectivity index (χ0) is 20.8. The molecule has 4 N–H and O–H groups in total. The van der Waals surface area contributed by atoms with Gasteiger partial charge in [0.05, 0.1) is 6.04 Å². The summed E-state index contributed by atoms with van der Waals surface area (Å²) in [4.78, 5) is 23.6. The molecule has 0 saturated carbocycles. The molecule has 0 aliphatic heterocycles. The maximum absolute atomic E-state index is 14.6. The van der Waals surface area contributed by atoms with E-state index in [-0.39, 0.29) is 12.5 Å². The van der Waals surface area contributed by atoms with E-state index in [4.69, 9.17) is 5.73 Å². The topological polar surface area (TPSA) is 84.2 Å². The predicted octanol–water partition coefficient (Wildman–Crippen LogP) is 4.28. The zero-order valence-electron chi connectivity index (χ0n) is 15.4. The second kappa shape index (κ2) is 9.34. The summed E-state index contributed by atoms with van der Waals surface area (Å²) in [5.74, 6) is -0.753. The minimum atomic E-state index is -0.645. The summed E-state index contributed by atoms with van der Waals surface area (Å²) in [6.07, 6.45) is 0. The van der Waals surface area contributed by atoms with Crippen molar-refractivity contribution < 1.29 is 14.0 Å². The molecule has 3 rings (SSSR count). The van der Waals surface area contributed by atoms with Crippen LogP contribution in [0.15, 0.2) is 77.3 Å². The maximum atomic E-state index is 14.6. The number of carbonyl (C=O) groups excluding carboxylic acids is 2. The number of carbonyl (C=O) groups is 2. The lowest BCUT2D eigenvalue weighted by Gasteiger charge is -2.21. The average Bonchev–Trinajstić information content (AvgIpc) is 2.72. The van der Waals surface area contributed by atoms with Crippen LogP contribution in [0.1, 0.15) is 33.1 Å². The SMILES string of the molecule is NC(=O)NCc1ccc(C(=O)NC(c2ccccc2)c2ccc(Br)cc2F)cc1. The first kappa shape index (κ1) is 20.5. The molecule has 148 valence electrons. The molecule has 1 atom stereocenters. The zero-order valence-corrected chi connectivity index (χ0v) is 16.9. The molecule has 3 aromatic rings. The van der Waals surface area contributed by atoms with Crippen molar-refractivity contribution in [2.45, 2.75) is 12.6 Å². The Morgan fingerprint density at radius 3 is 2.31 bits per heavy atom.